The first kappa shape index (κ1) is 25.2. The number of nitrogen functional groups attached to an aromatic ring is 1. The van der Waals surface area contributed by atoms with Gasteiger partial charge in [0.2, 0.25) is 5.91 Å². The average Bonchev–Trinajstić information content (AvgIpc) is 2.88. The molecular formula is C28H34N6O2. The lowest BCUT2D eigenvalue weighted by Gasteiger charge is -2.34. The zero-order chi connectivity index (χ0) is 25.5. The molecule has 8 nitrogen and oxygen atoms in total. The molecule has 1 aliphatic rings. The minimum Gasteiger partial charge on any atom is -0.457 e. The number of likely N-dealkylation sites (tertiary alicyclic amines) is 1. The molecule has 4 rings (SSSR count). The summed E-state index contributed by atoms with van der Waals surface area (Å²) in [5.74, 6) is 2.88. The first-order valence-corrected chi connectivity index (χ1v) is 12.5. The monoisotopic (exact) mass is 486 g/mol. The molecule has 1 unspecified atom stereocenters. The van der Waals surface area contributed by atoms with Crippen LogP contribution in [0.3, 0.4) is 0 Å². The van der Waals surface area contributed by atoms with Crippen molar-refractivity contribution < 1.29 is 9.53 Å². The Bertz CT molecular complexity index is 1180. The van der Waals surface area contributed by atoms with Crippen molar-refractivity contribution in [1.82, 2.24) is 14.9 Å². The van der Waals surface area contributed by atoms with E-state index in [9.17, 15) is 4.79 Å². The molecule has 1 aliphatic heterocycles. The summed E-state index contributed by atoms with van der Waals surface area (Å²) in [5.41, 5.74) is 7.57. The Hall–Kier alpha value is -3.94. The molecule has 0 aliphatic carbocycles. The van der Waals surface area contributed by atoms with Crippen molar-refractivity contribution >= 4 is 23.3 Å². The van der Waals surface area contributed by atoms with Crippen LogP contribution in [-0.2, 0) is 4.79 Å². The number of hydrogen-bond acceptors (Lipinski definition) is 7. The first-order chi connectivity index (χ1) is 17.4. The van der Waals surface area contributed by atoms with E-state index in [0.29, 0.717) is 41.6 Å². The van der Waals surface area contributed by atoms with Crippen LogP contribution < -0.4 is 15.8 Å². The number of benzene rings is 2. The van der Waals surface area contributed by atoms with E-state index in [2.05, 4.69) is 29.1 Å². The SMILES string of the molecule is CC(C)CCC(=O)N1CCCC(Nc2ncnc(N)c2C(=N)c2ccc(Oc3ccccc3)cc2)C1. The summed E-state index contributed by atoms with van der Waals surface area (Å²) in [6.45, 7) is 5.65. The van der Waals surface area contributed by atoms with E-state index >= 15 is 0 Å². The summed E-state index contributed by atoms with van der Waals surface area (Å²) in [6.07, 6.45) is 4.70. The fourth-order valence-electron chi connectivity index (χ4n) is 4.30. The molecule has 4 N–H and O–H groups in total. The molecule has 0 bridgehead atoms. The van der Waals surface area contributed by atoms with Crippen molar-refractivity contribution in [3.8, 4) is 11.5 Å². The van der Waals surface area contributed by atoms with Gasteiger partial charge in [0.15, 0.2) is 0 Å². The van der Waals surface area contributed by atoms with Crippen molar-refractivity contribution in [1.29, 1.82) is 5.41 Å². The summed E-state index contributed by atoms with van der Waals surface area (Å²) in [7, 11) is 0. The number of anilines is 2. The number of ether oxygens (including phenoxy) is 1. The fourth-order valence-corrected chi connectivity index (χ4v) is 4.30. The highest BCUT2D eigenvalue weighted by Crippen LogP contribution is 2.26. The molecule has 188 valence electrons. The number of hydrogen-bond donors (Lipinski definition) is 3. The van der Waals surface area contributed by atoms with Crippen molar-refractivity contribution in [2.24, 2.45) is 5.92 Å². The quantitative estimate of drug-likeness (QED) is 0.362. The normalized spacial score (nSPS) is 15.5. The molecule has 2 aromatic carbocycles. The molecule has 1 atom stereocenters. The molecule has 0 radical (unpaired) electrons. The highest BCUT2D eigenvalue weighted by atomic mass is 16.5. The fraction of sp³-hybridized carbons (Fsp3) is 0.357. The van der Waals surface area contributed by atoms with Crippen LogP contribution in [0.15, 0.2) is 60.9 Å². The van der Waals surface area contributed by atoms with Crippen molar-refractivity contribution in [2.45, 2.75) is 45.6 Å². The third-order valence-corrected chi connectivity index (χ3v) is 6.30. The van der Waals surface area contributed by atoms with Crippen molar-refractivity contribution in [3.05, 3.63) is 72.1 Å². The predicted molar refractivity (Wildman–Crippen MR) is 143 cm³/mol. The molecule has 8 heteroatoms. The van der Waals surface area contributed by atoms with E-state index in [0.717, 1.165) is 31.6 Å². The van der Waals surface area contributed by atoms with Gasteiger partial charge < -0.3 is 20.7 Å². The number of amides is 1. The number of rotatable bonds is 9. The van der Waals surface area contributed by atoms with Gasteiger partial charge in [0, 0.05) is 31.1 Å². The van der Waals surface area contributed by atoms with Gasteiger partial charge in [0.05, 0.1) is 11.3 Å². The highest BCUT2D eigenvalue weighted by molar-refractivity contribution is 6.16. The lowest BCUT2D eigenvalue weighted by Crippen LogP contribution is -2.45. The Balaban J connectivity index is 1.46. The number of nitrogens with one attached hydrogen (secondary N) is 2. The van der Waals surface area contributed by atoms with E-state index in [-0.39, 0.29) is 23.5 Å². The maximum atomic E-state index is 12.7. The summed E-state index contributed by atoms with van der Waals surface area (Å²) >= 11 is 0. The second-order valence-electron chi connectivity index (χ2n) is 9.55. The summed E-state index contributed by atoms with van der Waals surface area (Å²) in [6, 6.07) is 16.9. The molecule has 0 spiro atoms. The predicted octanol–water partition coefficient (Wildman–Crippen LogP) is 5.11. The van der Waals surface area contributed by atoms with Gasteiger partial charge in [-0.05, 0) is 61.6 Å². The largest absolute Gasteiger partial charge is 0.457 e. The van der Waals surface area contributed by atoms with Crippen LogP contribution in [-0.4, -0.2) is 45.6 Å². The Morgan fingerprint density at radius 2 is 1.86 bits per heavy atom. The Kier molecular flexibility index (Phi) is 8.15. The van der Waals surface area contributed by atoms with Gasteiger partial charge >= 0.3 is 0 Å². The number of para-hydroxylation sites is 1. The molecule has 36 heavy (non-hydrogen) atoms. The number of nitrogens with two attached hydrogens (primary N) is 1. The smallest absolute Gasteiger partial charge is 0.222 e. The zero-order valence-corrected chi connectivity index (χ0v) is 20.9. The van der Waals surface area contributed by atoms with Crippen LogP contribution in [0.4, 0.5) is 11.6 Å². The summed E-state index contributed by atoms with van der Waals surface area (Å²) in [5, 5.41) is 12.3. The van der Waals surface area contributed by atoms with Crippen LogP contribution in [0.1, 0.15) is 50.7 Å². The minimum atomic E-state index is 0.0317. The Labute approximate surface area is 212 Å². The molecule has 1 fully saturated rings. The number of carbonyl (C=O) groups is 1. The average molecular weight is 487 g/mol. The molecule has 2 heterocycles. The molecule has 1 saturated heterocycles. The van der Waals surface area contributed by atoms with E-state index < -0.39 is 0 Å². The third kappa shape index (κ3) is 6.38. The van der Waals surface area contributed by atoms with Gasteiger partial charge in [-0.1, -0.05) is 32.0 Å². The van der Waals surface area contributed by atoms with E-state index in [1.807, 2.05) is 59.5 Å². The summed E-state index contributed by atoms with van der Waals surface area (Å²) in [4.78, 5) is 23.1. The standard InChI is InChI=1S/C28H34N6O2/c1-19(2)10-15-24(35)34-16-6-7-21(17-34)33-28-25(27(30)31-18-32-28)26(29)20-11-13-23(14-12-20)36-22-8-4-3-5-9-22/h3-5,8-9,11-14,18-19,21,29H,6-7,10,15-17H2,1-2H3,(H3,30,31,32,33). The zero-order valence-electron chi connectivity index (χ0n) is 20.9. The molecule has 1 aromatic heterocycles. The van der Waals surface area contributed by atoms with Crippen LogP contribution in [0, 0.1) is 11.3 Å². The number of carbonyl (C=O) groups excluding carboxylic acids is 1. The first-order valence-electron chi connectivity index (χ1n) is 12.5. The van der Waals surface area contributed by atoms with E-state index in [4.69, 9.17) is 15.9 Å². The van der Waals surface area contributed by atoms with Gasteiger partial charge in [-0.2, -0.15) is 0 Å². The molecular weight excluding hydrogens is 452 g/mol. The second-order valence-corrected chi connectivity index (χ2v) is 9.55. The van der Waals surface area contributed by atoms with Crippen molar-refractivity contribution in [3.63, 3.8) is 0 Å². The van der Waals surface area contributed by atoms with Crippen molar-refractivity contribution in [2.75, 3.05) is 24.1 Å². The lowest BCUT2D eigenvalue weighted by molar-refractivity contribution is -0.132. The third-order valence-electron chi connectivity index (χ3n) is 6.30. The highest BCUT2D eigenvalue weighted by Gasteiger charge is 2.25. The van der Waals surface area contributed by atoms with Crippen LogP contribution >= 0.6 is 0 Å². The Morgan fingerprint density at radius 3 is 2.58 bits per heavy atom. The van der Waals surface area contributed by atoms with Gasteiger partial charge in [-0.25, -0.2) is 9.97 Å². The topological polar surface area (TPSA) is 117 Å². The summed E-state index contributed by atoms with van der Waals surface area (Å²) < 4.78 is 5.86. The van der Waals surface area contributed by atoms with Gasteiger partial charge in [-0.15, -0.1) is 0 Å². The molecule has 1 amide bonds. The number of aromatic nitrogens is 2. The second kappa shape index (κ2) is 11.7. The van der Waals surface area contributed by atoms with E-state index in [1.165, 1.54) is 6.33 Å². The Morgan fingerprint density at radius 1 is 1.14 bits per heavy atom. The number of piperidine rings is 1. The van der Waals surface area contributed by atoms with Gasteiger partial charge in [-0.3, -0.25) is 10.2 Å². The maximum absolute atomic E-state index is 12.7. The molecule has 3 aromatic rings. The van der Waals surface area contributed by atoms with Gasteiger partial charge in [0.25, 0.3) is 0 Å². The van der Waals surface area contributed by atoms with Crippen LogP contribution in [0.5, 0.6) is 11.5 Å². The lowest BCUT2D eigenvalue weighted by atomic mass is 10.0. The van der Waals surface area contributed by atoms with Gasteiger partial charge in [0.1, 0.15) is 29.5 Å². The van der Waals surface area contributed by atoms with E-state index in [1.54, 1.807) is 0 Å². The minimum absolute atomic E-state index is 0.0317. The van der Waals surface area contributed by atoms with Crippen LogP contribution in [0.2, 0.25) is 0 Å². The molecule has 0 saturated carbocycles. The van der Waals surface area contributed by atoms with Crippen LogP contribution in [0.25, 0.3) is 0 Å². The maximum Gasteiger partial charge on any atom is 0.222 e. The number of nitrogens with zero attached hydrogens (tertiary/aromatic N) is 3.